The van der Waals surface area contributed by atoms with Gasteiger partial charge in [0.05, 0.1) is 18.0 Å². The molecule has 1 aromatic heterocycles. The van der Waals surface area contributed by atoms with E-state index in [1.165, 1.54) is 0 Å². The van der Waals surface area contributed by atoms with Gasteiger partial charge in [-0.15, -0.1) is 11.3 Å². The Morgan fingerprint density at radius 3 is 2.62 bits per heavy atom. The van der Waals surface area contributed by atoms with E-state index in [0.717, 1.165) is 4.88 Å². The van der Waals surface area contributed by atoms with Crippen molar-refractivity contribution in [2.24, 2.45) is 17.6 Å². The topological polar surface area (TPSA) is 49.8 Å². The maximum Gasteiger partial charge on any atom is 0.0687 e. The minimum atomic E-state index is -0.134. The number of hydrogen-bond donors (Lipinski definition) is 1. The SMILES string of the molecule is CC(C)C(C#N)C(N)c1cccs1. The van der Waals surface area contributed by atoms with Crippen molar-refractivity contribution in [2.75, 3.05) is 0 Å². The zero-order valence-corrected chi connectivity index (χ0v) is 8.71. The lowest BCUT2D eigenvalue weighted by molar-refractivity contribution is 0.407. The molecule has 0 spiro atoms. The molecule has 2 unspecified atom stereocenters. The Balaban J connectivity index is 2.78. The van der Waals surface area contributed by atoms with E-state index in [-0.39, 0.29) is 12.0 Å². The van der Waals surface area contributed by atoms with Gasteiger partial charge in [0.2, 0.25) is 0 Å². The van der Waals surface area contributed by atoms with Gasteiger partial charge in [0.25, 0.3) is 0 Å². The first-order valence-electron chi connectivity index (χ1n) is 4.35. The molecule has 3 heteroatoms. The highest BCUT2D eigenvalue weighted by atomic mass is 32.1. The number of thiophene rings is 1. The highest BCUT2D eigenvalue weighted by Gasteiger charge is 2.22. The fourth-order valence-electron chi connectivity index (χ4n) is 1.30. The van der Waals surface area contributed by atoms with Crippen LogP contribution >= 0.6 is 11.3 Å². The van der Waals surface area contributed by atoms with Crippen molar-refractivity contribution >= 4 is 11.3 Å². The summed E-state index contributed by atoms with van der Waals surface area (Å²) in [7, 11) is 0. The maximum atomic E-state index is 8.94. The van der Waals surface area contributed by atoms with Crippen molar-refractivity contribution in [3.63, 3.8) is 0 Å². The third-order valence-corrected chi connectivity index (χ3v) is 3.10. The van der Waals surface area contributed by atoms with Crippen molar-refractivity contribution in [3.8, 4) is 6.07 Å². The summed E-state index contributed by atoms with van der Waals surface area (Å²) >= 11 is 1.62. The molecule has 1 heterocycles. The first-order chi connectivity index (χ1) is 6.16. The van der Waals surface area contributed by atoms with Gasteiger partial charge >= 0.3 is 0 Å². The van der Waals surface area contributed by atoms with E-state index in [2.05, 4.69) is 6.07 Å². The molecule has 0 aliphatic carbocycles. The summed E-state index contributed by atoms with van der Waals surface area (Å²) in [4.78, 5) is 1.10. The molecule has 0 aliphatic heterocycles. The van der Waals surface area contributed by atoms with Gasteiger partial charge in [-0.3, -0.25) is 0 Å². The van der Waals surface area contributed by atoms with Crippen molar-refractivity contribution in [1.82, 2.24) is 0 Å². The van der Waals surface area contributed by atoms with Crippen LogP contribution in [0, 0.1) is 23.2 Å². The zero-order chi connectivity index (χ0) is 9.84. The second kappa shape index (κ2) is 4.40. The molecule has 0 radical (unpaired) electrons. The Morgan fingerprint density at radius 2 is 2.23 bits per heavy atom. The second-order valence-corrected chi connectivity index (χ2v) is 4.42. The summed E-state index contributed by atoms with van der Waals surface area (Å²) in [5.41, 5.74) is 5.98. The van der Waals surface area contributed by atoms with Crippen molar-refractivity contribution < 1.29 is 0 Å². The van der Waals surface area contributed by atoms with Gasteiger partial charge in [0.1, 0.15) is 0 Å². The van der Waals surface area contributed by atoms with Crippen LogP contribution in [-0.4, -0.2) is 0 Å². The standard InChI is InChI=1S/C10H14N2S/c1-7(2)8(6-11)10(12)9-4-3-5-13-9/h3-5,7-8,10H,12H2,1-2H3. The lowest BCUT2D eigenvalue weighted by Gasteiger charge is -2.19. The van der Waals surface area contributed by atoms with Crippen LogP contribution in [0.15, 0.2) is 17.5 Å². The van der Waals surface area contributed by atoms with Gasteiger partial charge in [-0.2, -0.15) is 5.26 Å². The number of rotatable bonds is 3. The summed E-state index contributed by atoms with van der Waals surface area (Å²) in [6.45, 7) is 4.06. The summed E-state index contributed by atoms with van der Waals surface area (Å²) in [5.74, 6) is 0.223. The summed E-state index contributed by atoms with van der Waals surface area (Å²) in [6, 6.07) is 6.09. The minimum Gasteiger partial charge on any atom is -0.322 e. The first kappa shape index (κ1) is 10.2. The lowest BCUT2D eigenvalue weighted by atomic mass is 9.89. The smallest absolute Gasteiger partial charge is 0.0687 e. The maximum absolute atomic E-state index is 8.94. The van der Waals surface area contributed by atoms with Crippen LogP contribution in [0.1, 0.15) is 24.8 Å². The third-order valence-electron chi connectivity index (χ3n) is 2.13. The van der Waals surface area contributed by atoms with Crippen LogP contribution in [-0.2, 0) is 0 Å². The lowest BCUT2D eigenvalue weighted by Crippen LogP contribution is -2.23. The normalized spacial score (nSPS) is 15.3. The molecule has 1 rings (SSSR count). The van der Waals surface area contributed by atoms with Gasteiger partial charge in [0, 0.05) is 4.88 Å². The Labute approximate surface area is 83.0 Å². The molecule has 0 saturated carbocycles. The number of nitrogens with two attached hydrogens (primary N) is 1. The summed E-state index contributed by atoms with van der Waals surface area (Å²) in [5, 5.41) is 10.9. The monoisotopic (exact) mass is 194 g/mol. The Hall–Kier alpha value is -0.850. The number of nitrogens with zero attached hydrogens (tertiary/aromatic N) is 1. The molecule has 0 aliphatic rings. The molecule has 13 heavy (non-hydrogen) atoms. The van der Waals surface area contributed by atoms with E-state index < -0.39 is 0 Å². The van der Waals surface area contributed by atoms with Crippen LogP contribution in [0.4, 0.5) is 0 Å². The van der Waals surface area contributed by atoms with Crippen LogP contribution in [0.3, 0.4) is 0 Å². The van der Waals surface area contributed by atoms with Gasteiger partial charge in [-0.25, -0.2) is 0 Å². The predicted molar refractivity (Wildman–Crippen MR) is 55.2 cm³/mol. The largest absolute Gasteiger partial charge is 0.322 e. The zero-order valence-electron chi connectivity index (χ0n) is 7.90. The van der Waals surface area contributed by atoms with Crippen LogP contribution in [0.25, 0.3) is 0 Å². The highest BCUT2D eigenvalue weighted by molar-refractivity contribution is 7.10. The van der Waals surface area contributed by atoms with Gasteiger partial charge in [-0.1, -0.05) is 19.9 Å². The fourth-order valence-corrected chi connectivity index (χ4v) is 2.08. The second-order valence-electron chi connectivity index (χ2n) is 3.44. The van der Waals surface area contributed by atoms with Crippen LogP contribution < -0.4 is 5.73 Å². The molecule has 1 aromatic rings. The molecule has 2 N–H and O–H groups in total. The van der Waals surface area contributed by atoms with Crippen molar-refractivity contribution in [3.05, 3.63) is 22.4 Å². The molecular formula is C10H14N2S. The molecule has 0 fully saturated rings. The Bertz CT molecular complexity index is 284. The van der Waals surface area contributed by atoms with E-state index in [4.69, 9.17) is 11.0 Å². The number of hydrogen-bond acceptors (Lipinski definition) is 3. The highest BCUT2D eigenvalue weighted by Crippen LogP contribution is 2.28. The van der Waals surface area contributed by atoms with Crippen molar-refractivity contribution in [1.29, 1.82) is 5.26 Å². The molecule has 2 nitrogen and oxygen atoms in total. The van der Waals surface area contributed by atoms with E-state index >= 15 is 0 Å². The van der Waals surface area contributed by atoms with E-state index in [1.54, 1.807) is 11.3 Å². The average Bonchev–Trinajstić information content (AvgIpc) is 2.56. The Kier molecular flexibility index (Phi) is 3.47. The van der Waals surface area contributed by atoms with Gasteiger partial charge < -0.3 is 5.73 Å². The Morgan fingerprint density at radius 1 is 1.54 bits per heavy atom. The summed E-state index contributed by atoms with van der Waals surface area (Å²) < 4.78 is 0. The predicted octanol–water partition coefficient (Wildman–Crippen LogP) is 2.54. The molecule has 70 valence electrons. The van der Waals surface area contributed by atoms with Crippen LogP contribution in [0.5, 0.6) is 0 Å². The molecular weight excluding hydrogens is 180 g/mol. The quantitative estimate of drug-likeness (QED) is 0.803. The van der Waals surface area contributed by atoms with Gasteiger partial charge in [-0.05, 0) is 17.4 Å². The molecule has 0 saturated heterocycles. The van der Waals surface area contributed by atoms with Crippen molar-refractivity contribution in [2.45, 2.75) is 19.9 Å². The molecule has 0 aromatic carbocycles. The minimum absolute atomic E-state index is 0.0846. The fraction of sp³-hybridized carbons (Fsp3) is 0.500. The van der Waals surface area contributed by atoms with Crippen LogP contribution in [0.2, 0.25) is 0 Å². The van der Waals surface area contributed by atoms with E-state index in [9.17, 15) is 0 Å². The third kappa shape index (κ3) is 2.30. The average molecular weight is 194 g/mol. The van der Waals surface area contributed by atoms with E-state index in [1.807, 2.05) is 31.4 Å². The van der Waals surface area contributed by atoms with E-state index in [0.29, 0.717) is 5.92 Å². The number of nitriles is 1. The first-order valence-corrected chi connectivity index (χ1v) is 5.23. The summed E-state index contributed by atoms with van der Waals surface area (Å²) in [6.07, 6.45) is 0. The molecule has 0 amide bonds. The van der Waals surface area contributed by atoms with Gasteiger partial charge in [0.15, 0.2) is 0 Å². The molecule has 2 atom stereocenters. The molecule has 0 bridgehead atoms.